The Morgan fingerprint density at radius 1 is 1.00 bits per heavy atom. The molecule has 3 aromatic rings. The molecular weight excluding hydrogens is 403 g/mol. The summed E-state index contributed by atoms with van der Waals surface area (Å²) in [6, 6.07) is 15.9. The number of nitrogens with two attached hydrogens (primary N) is 1. The molecule has 0 amide bonds. The third kappa shape index (κ3) is 5.34. The van der Waals surface area contributed by atoms with Gasteiger partial charge in [0.05, 0.1) is 11.4 Å². The number of anilines is 3. The van der Waals surface area contributed by atoms with E-state index in [9.17, 15) is 12.8 Å². The highest BCUT2D eigenvalue weighted by Crippen LogP contribution is 2.20. The Bertz CT molecular complexity index is 1040. The first-order valence-electron chi connectivity index (χ1n) is 8.23. The van der Waals surface area contributed by atoms with Crippen LogP contribution in [0.2, 0.25) is 0 Å². The van der Waals surface area contributed by atoms with Crippen molar-refractivity contribution in [3.8, 4) is 0 Å². The zero-order chi connectivity index (χ0) is 19.4. The van der Waals surface area contributed by atoms with E-state index in [1.54, 1.807) is 36.4 Å². The lowest BCUT2D eigenvalue weighted by atomic mass is 10.2. The number of halogens is 2. The van der Waals surface area contributed by atoms with Crippen molar-refractivity contribution in [2.75, 3.05) is 15.8 Å². The monoisotopic (exact) mass is 422 g/mol. The fraction of sp³-hybridized carbons (Fsp3) is 0.105. The second kappa shape index (κ2) is 8.90. The van der Waals surface area contributed by atoms with E-state index in [2.05, 4.69) is 15.0 Å². The molecule has 0 bridgehead atoms. The van der Waals surface area contributed by atoms with Crippen LogP contribution < -0.4 is 33.2 Å². The van der Waals surface area contributed by atoms with E-state index in [0.29, 0.717) is 12.4 Å². The van der Waals surface area contributed by atoms with Gasteiger partial charge in [0.2, 0.25) is 11.6 Å². The van der Waals surface area contributed by atoms with Gasteiger partial charge in [0.25, 0.3) is 10.0 Å². The second-order valence-electron chi connectivity index (χ2n) is 6.10. The minimum Gasteiger partial charge on any atom is -1.00 e. The van der Waals surface area contributed by atoms with E-state index < -0.39 is 10.0 Å². The molecular formula is C19H20ClFN4O2S. The number of nitrogen functional groups attached to an aromatic ring is 1. The summed E-state index contributed by atoms with van der Waals surface area (Å²) in [5.74, 6) is 0.490. The summed E-state index contributed by atoms with van der Waals surface area (Å²) in [6.45, 7) is 2.35. The predicted octanol–water partition coefficient (Wildman–Crippen LogP) is -0.0527. The summed E-state index contributed by atoms with van der Waals surface area (Å²) < 4.78 is 40.3. The van der Waals surface area contributed by atoms with E-state index in [0.717, 1.165) is 11.1 Å². The van der Waals surface area contributed by atoms with Gasteiger partial charge in [-0.05, 0) is 42.8 Å². The number of sulfonamides is 1. The quantitative estimate of drug-likeness (QED) is 0.518. The molecule has 1 heterocycles. The second-order valence-corrected chi connectivity index (χ2v) is 7.78. The minimum atomic E-state index is -3.73. The van der Waals surface area contributed by atoms with Crippen molar-refractivity contribution in [2.45, 2.75) is 18.4 Å². The Morgan fingerprint density at radius 3 is 2.25 bits per heavy atom. The number of hydrogen-bond donors (Lipinski definition) is 3. The maximum atomic E-state index is 12.9. The zero-order valence-electron chi connectivity index (χ0n) is 15.0. The number of pyridine rings is 1. The first kappa shape index (κ1) is 21.5. The molecule has 0 saturated carbocycles. The largest absolute Gasteiger partial charge is 1.00 e. The molecule has 0 radical (unpaired) electrons. The van der Waals surface area contributed by atoms with Gasteiger partial charge in [-0.15, -0.1) is 0 Å². The Balaban J connectivity index is 0.00000280. The first-order chi connectivity index (χ1) is 12.8. The van der Waals surface area contributed by atoms with Crippen LogP contribution in [0.4, 0.5) is 21.7 Å². The van der Waals surface area contributed by atoms with Gasteiger partial charge < -0.3 is 23.5 Å². The number of aryl methyl sites for hydroxylation is 1. The number of aromatic nitrogens is 1. The van der Waals surface area contributed by atoms with Crippen LogP contribution in [0.25, 0.3) is 0 Å². The van der Waals surface area contributed by atoms with Crippen molar-refractivity contribution in [1.29, 1.82) is 0 Å². The predicted molar refractivity (Wildman–Crippen MR) is 103 cm³/mol. The van der Waals surface area contributed by atoms with Gasteiger partial charge in [-0.2, -0.15) is 0 Å². The minimum absolute atomic E-state index is 0. The third-order valence-corrected chi connectivity index (χ3v) is 5.33. The molecule has 0 atom stereocenters. The fourth-order valence-electron chi connectivity index (χ4n) is 2.42. The lowest BCUT2D eigenvalue weighted by molar-refractivity contribution is -0.342. The molecule has 0 aliphatic carbocycles. The topological polar surface area (TPSA) is 98.4 Å². The van der Waals surface area contributed by atoms with E-state index in [1.165, 1.54) is 24.3 Å². The molecule has 0 unspecified atom stereocenters. The number of H-pyrrole nitrogens is 1. The highest BCUT2D eigenvalue weighted by atomic mass is 35.5. The molecule has 0 aliphatic heterocycles. The lowest BCUT2D eigenvalue weighted by Gasteiger charge is -2.10. The van der Waals surface area contributed by atoms with Gasteiger partial charge in [-0.25, -0.2) is 17.8 Å². The molecule has 0 aliphatic rings. The van der Waals surface area contributed by atoms with Gasteiger partial charge in [-0.1, -0.05) is 29.8 Å². The van der Waals surface area contributed by atoms with Crippen LogP contribution in [0.3, 0.4) is 0 Å². The van der Waals surface area contributed by atoms with Gasteiger partial charge in [-0.3, -0.25) is 4.72 Å². The van der Waals surface area contributed by atoms with E-state index >= 15 is 0 Å². The van der Waals surface area contributed by atoms with Gasteiger partial charge in [0.1, 0.15) is 11.5 Å². The van der Waals surface area contributed by atoms with E-state index in [-0.39, 0.29) is 34.6 Å². The molecule has 2 aromatic carbocycles. The highest BCUT2D eigenvalue weighted by molar-refractivity contribution is 7.92. The normalized spacial score (nSPS) is 10.8. The maximum Gasteiger partial charge on any atom is 0.262 e. The SMILES string of the molecule is Cc1ccc(S(=O)(=O)Nc2ccc(NCc3ccc(F)cc3)[nH+]c2N)cc1.[Cl-]. The number of benzene rings is 2. The summed E-state index contributed by atoms with van der Waals surface area (Å²) in [5.41, 5.74) is 8.07. The number of rotatable bonds is 6. The van der Waals surface area contributed by atoms with Crippen molar-refractivity contribution in [3.05, 3.63) is 77.6 Å². The molecule has 6 nitrogen and oxygen atoms in total. The first-order valence-corrected chi connectivity index (χ1v) is 9.71. The molecule has 5 N–H and O–H groups in total. The van der Waals surface area contributed by atoms with Crippen LogP contribution in [-0.4, -0.2) is 8.42 Å². The van der Waals surface area contributed by atoms with Crippen LogP contribution in [-0.2, 0) is 16.6 Å². The van der Waals surface area contributed by atoms with Crippen molar-refractivity contribution >= 4 is 27.3 Å². The highest BCUT2D eigenvalue weighted by Gasteiger charge is 2.17. The molecule has 3 rings (SSSR count). The number of nitrogens with one attached hydrogen (secondary N) is 3. The fourth-order valence-corrected chi connectivity index (χ4v) is 3.50. The van der Waals surface area contributed by atoms with E-state index in [1.807, 2.05) is 6.92 Å². The van der Waals surface area contributed by atoms with E-state index in [4.69, 9.17) is 5.73 Å². The van der Waals surface area contributed by atoms with Crippen LogP contribution in [0.1, 0.15) is 11.1 Å². The molecule has 148 valence electrons. The van der Waals surface area contributed by atoms with Crippen LogP contribution in [0.15, 0.2) is 65.6 Å². The Morgan fingerprint density at radius 2 is 1.64 bits per heavy atom. The van der Waals surface area contributed by atoms with Crippen LogP contribution >= 0.6 is 0 Å². The van der Waals surface area contributed by atoms with Crippen molar-refractivity contribution in [3.63, 3.8) is 0 Å². The standard InChI is InChI=1S/C19H19FN4O2S.ClH/c1-13-2-8-16(9-3-13)27(25,26)24-17-10-11-18(23-19(17)21)22-12-14-4-6-15(20)7-5-14;/h2-11,24H,12H2,1H3,(H3,21,22,23);1H. The van der Waals surface area contributed by atoms with Crippen molar-refractivity contribution in [1.82, 2.24) is 0 Å². The zero-order valence-corrected chi connectivity index (χ0v) is 16.6. The maximum absolute atomic E-state index is 12.9. The number of hydrogen-bond acceptors (Lipinski definition) is 4. The Kier molecular flexibility index (Phi) is 6.82. The van der Waals surface area contributed by atoms with Crippen LogP contribution in [0.5, 0.6) is 0 Å². The van der Waals surface area contributed by atoms with Gasteiger partial charge in [0.15, 0.2) is 0 Å². The molecule has 0 saturated heterocycles. The molecule has 1 aromatic heterocycles. The Hall–Kier alpha value is -2.84. The average molecular weight is 423 g/mol. The molecule has 0 fully saturated rings. The lowest BCUT2D eigenvalue weighted by Crippen LogP contribution is -3.00. The summed E-state index contributed by atoms with van der Waals surface area (Å²) in [7, 11) is -3.73. The summed E-state index contributed by atoms with van der Waals surface area (Å²) in [5, 5.41) is 3.11. The molecule has 0 spiro atoms. The Labute approximate surface area is 169 Å². The molecule has 9 heteroatoms. The summed E-state index contributed by atoms with van der Waals surface area (Å²) in [6.07, 6.45) is 0. The average Bonchev–Trinajstić information content (AvgIpc) is 2.63. The molecule has 28 heavy (non-hydrogen) atoms. The van der Waals surface area contributed by atoms with Crippen LogP contribution in [0, 0.1) is 12.7 Å². The van der Waals surface area contributed by atoms with Crippen molar-refractivity contribution in [2.24, 2.45) is 0 Å². The van der Waals surface area contributed by atoms with Crippen molar-refractivity contribution < 1.29 is 30.2 Å². The third-order valence-electron chi connectivity index (χ3n) is 3.95. The summed E-state index contributed by atoms with van der Waals surface area (Å²) >= 11 is 0. The summed E-state index contributed by atoms with van der Waals surface area (Å²) in [4.78, 5) is 3.06. The number of aromatic amines is 1. The van der Waals surface area contributed by atoms with Gasteiger partial charge in [0, 0.05) is 6.07 Å². The smallest absolute Gasteiger partial charge is 0.262 e. The van der Waals surface area contributed by atoms with Gasteiger partial charge >= 0.3 is 0 Å².